The number of hydrogen-bond acceptors (Lipinski definition) is 2. The highest BCUT2D eigenvalue weighted by Crippen LogP contribution is 2.48. The summed E-state index contributed by atoms with van der Waals surface area (Å²) in [6.07, 6.45) is 0. The molecule has 2 nitrogen and oxygen atoms in total. The van der Waals surface area contributed by atoms with Crippen LogP contribution in [0.2, 0.25) is 0 Å². The summed E-state index contributed by atoms with van der Waals surface area (Å²) >= 11 is 1.87. The molecule has 2 heterocycles. The van der Waals surface area contributed by atoms with Gasteiger partial charge >= 0.3 is 0 Å². The smallest absolute Gasteiger partial charge is 0.0640 e. The van der Waals surface area contributed by atoms with Crippen molar-refractivity contribution in [1.29, 1.82) is 0 Å². The molecule has 10 aromatic rings. The van der Waals surface area contributed by atoms with Gasteiger partial charge in [0.2, 0.25) is 0 Å². The van der Waals surface area contributed by atoms with E-state index in [1.54, 1.807) is 0 Å². The van der Waals surface area contributed by atoms with E-state index in [9.17, 15) is 0 Å². The summed E-state index contributed by atoms with van der Waals surface area (Å²) in [7, 11) is 0. The zero-order valence-electron chi connectivity index (χ0n) is 27.8. The van der Waals surface area contributed by atoms with Crippen molar-refractivity contribution in [1.82, 2.24) is 4.57 Å². The van der Waals surface area contributed by atoms with Crippen molar-refractivity contribution >= 4 is 70.4 Å². The highest BCUT2D eigenvalue weighted by atomic mass is 32.1. The topological polar surface area (TPSA) is 8.17 Å². The van der Waals surface area contributed by atoms with Crippen LogP contribution in [0.3, 0.4) is 0 Å². The van der Waals surface area contributed by atoms with Gasteiger partial charge in [0.1, 0.15) is 0 Å². The van der Waals surface area contributed by atoms with Crippen LogP contribution in [0.1, 0.15) is 0 Å². The number of benzene rings is 8. The van der Waals surface area contributed by atoms with Gasteiger partial charge in [0, 0.05) is 43.2 Å². The van der Waals surface area contributed by atoms with Crippen LogP contribution in [0.4, 0.5) is 17.1 Å². The predicted molar refractivity (Wildman–Crippen MR) is 219 cm³/mol. The highest BCUT2D eigenvalue weighted by Gasteiger charge is 2.23. The molecule has 0 saturated carbocycles. The molecule has 0 aliphatic heterocycles. The minimum Gasteiger partial charge on any atom is -0.309 e. The third kappa shape index (κ3) is 4.85. The van der Waals surface area contributed by atoms with Gasteiger partial charge in [0.15, 0.2) is 0 Å². The molecule has 240 valence electrons. The molecule has 3 heteroatoms. The lowest BCUT2D eigenvalue weighted by molar-refractivity contribution is 1.18. The molecule has 0 fully saturated rings. The Kier molecular flexibility index (Phi) is 7.04. The van der Waals surface area contributed by atoms with Crippen LogP contribution < -0.4 is 4.90 Å². The van der Waals surface area contributed by atoms with Gasteiger partial charge < -0.3 is 9.47 Å². The molecule has 51 heavy (non-hydrogen) atoms. The number of nitrogens with zero attached hydrogens (tertiary/aromatic N) is 2. The number of thiophene rings is 1. The molecule has 8 aromatic carbocycles. The van der Waals surface area contributed by atoms with Crippen LogP contribution in [0.25, 0.3) is 69.9 Å². The molecular weight excluding hydrogens is 637 g/mol. The zero-order chi connectivity index (χ0) is 33.7. The van der Waals surface area contributed by atoms with E-state index in [4.69, 9.17) is 0 Å². The molecule has 0 bridgehead atoms. The first kappa shape index (κ1) is 29.5. The van der Waals surface area contributed by atoms with E-state index >= 15 is 0 Å². The maximum Gasteiger partial charge on any atom is 0.0640 e. The third-order valence-electron chi connectivity index (χ3n) is 9.99. The van der Waals surface area contributed by atoms with Gasteiger partial charge in [0.05, 0.1) is 27.1 Å². The summed E-state index contributed by atoms with van der Waals surface area (Å²) in [5, 5.41) is 5.07. The summed E-state index contributed by atoms with van der Waals surface area (Å²) in [6, 6.07) is 70.3. The third-order valence-corrected chi connectivity index (χ3v) is 11.2. The minimum atomic E-state index is 1.11. The Hall–Kier alpha value is -6.42. The minimum absolute atomic E-state index is 1.11. The molecule has 0 saturated heterocycles. The lowest BCUT2D eigenvalue weighted by Gasteiger charge is -2.28. The van der Waals surface area contributed by atoms with Gasteiger partial charge in [-0.3, -0.25) is 0 Å². The van der Waals surface area contributed by atoms with Crippen LogP contribution in [0.5, 0.6) is 0 Å². The molecule has 0 aliphatic rings. The predicted octanol–water partition coefficient (Wildman–Crippen LogP) is 14.0. The van der Waals surface area contributed by atoms with E-state index in [1.807, 2.05) is 11.3 Å². The fourth-order valence-electron chi connectivity index (χ4n) is 7.76. The first-order chi connectivity index (χ1) is 25.3. The number of para-hydroxylation sites is 2. The van der Waals surface area contributed by atoms with Crippen molar-refractivity contribution in [2.24, 2.45) is 0 Å². The molecule has 10 rings (SSSR count). The van der Waals surface area contributed by atoms with Gasteiger partial charge in [-0.2, -0.15) is 0 Å². The Balaban J connectivity index is 1.30. The standard InChI is InChI=1S/C48H32N2S/c1-4-16-33(17-5-1)37-22-10-12-26-42(37)50(44-28-15-25-40-39-23-11-13-29-46(39)51-48(40)44)36-30-31-41-45(32-36)49(35-20-8-3-9-21-35)43-27-14-24-38(47(41)43)34-18-6-2-7-19-34/h1-32H. The Morgan fingerprint density at radius 1 is 0.412 bits per heavy atom. The van der Waals surface area contributed by atoms with E-state index in [1.165, 1.54) is 69.9 Å². The number of hydrogen-bond donors (Lipinski definition) is 0. The Morgan fingerprint density at radius 2 is 1.02 bits per heavy atom. The summed E-state index contributed by atoms with van der Waals surface area (Å²) in [5.74, 6) is 0. The SMILES string of the molecule is c1ccc(-c2ccccc2N(c2ccc3c4c(-c5ccccc5)cccc4n(-c4ccccc4)c3c2)c2cccc3c2sc2ccccc23)cc1. The van der Waals surface area contributed by atoms with Gasteiger partial charge in [-0.05, 0) is 65.2 Å². The van der Waals surface area contributed by atoms with E-state index in [-0.39, 0.29) is 0 Å². The molecule has 0 aliphatic carbocycles. The van der Waals surface area contributed by atoms with Crippen LogP contribution in [0.15, 0.2) is 194 Å². The molecule has 0 unspecified atom stereocenters. The first-order valence-electron chi connectivity index (χ1n) is 17.4. The molecular formula is C48H32N2S. The second kappa shape index (κ2) is 12.2. The van der Waals surface area contributed by atoms with Crippen molar-refractivity contribution in [2.75, 3.05) is 4.90 Å². The van der Waals surface area contributed by atoms with Gasteiger partial charge in [0.25, 0.3) is 0 Å². The van der Waals surface area contributed by atoms with Gasteiger partial charge in [-0.25, -0.2) is 0 Å². The molecule has 0 atom stereocenters. The van der Waals surface area contributed by atoms with Crippen LogP contribution in [-0.4, -0.2) is 4.57 Å². The Morgan fingerprint density at radius 3 is 1.82 bits per heavy atom. The first-order valence-corrected chi connectivity index (χ1v) is 18.2. The second-order valence-electron chi connectivity index (χ2n) is 12.9. The van der Waals surface area contributed by atoms with E-state index < -0.39 is 0 Å². The number of anilines is 3. The van der Waals surface area contributed by atoms with Crippen LogP contribution in [-0.2, 0) is 0 Å². The fourth-order valence-corrected chi connectivity index (χ4v) is 8.96. The van der Waals surface area contributed by atoms with Crippen molar-refractivity contribution in [3.63, 3.8) is 0 Å². The van der Waals surface area contributed by atoms with Gasteiger partial charge in [-0.1, -0.05) is 146 Å². The summed E-state index contributed by atoms with van der Waals surface area (Å²) in [6.45, 7) is 0. The molecule has 0 N–H and O–H groups in total. The Bertz CT molecular complexity index is 2850. The normalized spacial score (nSPS) is 11.5. The number of fused-ring (bicyclic) bond motifs is 6. The Labute approximate surface area is 300 Å². The second-order valence-corrected chi connectivity index (χ2v) is 14.0. The summed E-state index contributed by atoms with van der Waals surface area (Å²) in [5.41, 5.74) is 11.8. The fraction of sp³-hybridized carbons (Fsp3) is 0. The van der Waals surface area contributed by atoms with Crippen LogP contribution >= 0.6 is 11.3 Å². The van der Waals surface area contributed by atoms with Crippen molar-refractivity contribution in [3.05, 3.63) is 194 Å². The maximum absolute atomic E-state index is 2.48. The largest absolute Gasteiger partial charge is 0.309 e. The average molecular weight is 669 g/mol. The lowest BCUT2D eigenvalue weighted by atomic mass is 9.99. The van der Waals surface area contributed by atoms with Gasteiger partial charge in [-0.15, -0.1) is 11.3 Å². The maximum atomic E-state index is 2.48. The van der Waals surface area contributed by atoms with Crippen molar-refractivity contribution < 1.29 is 0 Å². The van der Waals surface area contributed by atoms with Crippen LogP contribution in [0, 0.1) is 0 Å². The van der Waals surface area contributed by atoms with E-state index in [2.05, 4.69) is 204 Å². The summed E-state index contributed by atoms with van der Waals surface area (Å²) < 4.78 is 5.00. The molecule has 0 amide bonds. The monoisotopic (exact) mass is 668 g/mol. The number of aromatic nitrogens is 1. The molecule has 0 spiro atoms. The molecule has 2 aromatic heterocycles. The lowest BCUT2D eigenvalue weighted by Crippen LogP contribution is -2.11. The summed E-state index contributed by atoms with van der Waals surface area (Å²) in [4.78, 5) is 2.48. The average Bonchev–Trinajstić information content (AvgIpc) is 3.75. The van der Waals surface area contributed by atoms with E-state index in [0.29, 0.717) is 0 Å². The highest BCUT2D eigenvalue weighted by molar-refractivity contribution is 7.26. The van der Waals surface area contributed by atoms with Crippen molar-refractivity contribution in [2.45, 2.75) is 0 Å². The zero-order valence-corrected chi connectivity index (χ0v) is 28.6. The van der Waals surface area contributed by atoms with E-state index in [0.717, 1.165) is 17.1 Å². The number of rotatable bonds is 6. The van der Waals surface area contributed by atoms with Crippen molar-refractivity contribution in [3.8, 4) is 27.9 Å². The quantitative estimate of drug-likeness (QED) is 0.171. The molecule has 0 radical (unpaired) electrons.